The van der Waals surface area contributed by atoms with Gasteiger partial charge in [0.25, 0.3) is 0 Å². The van der Waals surface area contributed by atoms with Crippen LogP contribution < -0.4 is 5.32 Å². The van der Waals surface area contributed by atoms with Crippen LogP contribution in [0.3, 0.4) is 0 Å². The Balaban J connectivity index is 1.40. The lowest BCUT2D eigenvalue weighted by Gasteiger charge is -2.61. The summed E-state index contributed by atoms with van der Waals surface area (Å²) in [6, 6.07) is 0.339. The molecule has 36 heavy (non-hydrogen) atoms. The molecule has 0 aromatic heterocycles. The highest BCUT2D eigenvalue weighted by molar-refractivity contribution is 5.85. The van der Waals surface area contributed by atoms with Gasteiger partial charge < -0.3 is 20.4 Å². The zero-order valence-corrected chi connectivity index (χ0v) is 23.3. The minimum atomic E-state index is -0.483. The van der Waals surface area contributed by atoms with Gasteiger partial charge in [-0.15, -0.1) is 0 Å². The summed E-state index contributed by atoms with van der Waals surface area (Å²) in [6.07, 6.45) is 10.00. The van der Waals surface area contributed by atoms with Gasteiger partial charge in [0.05, 0.1) is 18.4 Å². The number of fused-ring (bicyclic) bond motifs is 5. The van der Waals surface area contributed by atoms with E-state index in [9.17, 15) is 15.0 Å². The van der Waals surface area contributed by atoms with E-state index in [1.807, 2.05) is 6.92 Å². The molecule has 0 radical (unpaired) electrons. The van der Waals surface area contributed by atoms with Gasteiger partial charge in [0.1, 0.15) is 0 Å². The van der Waals surface area contributed by atoms with Gasteiger partial charge in [0.2, 0.25) is 0 Å². The van der Waals surface area contributed by atoms with Crippen LogP contribution in [0, 0.1) is 40.4 Å². The number of oxime groups is 1. The Labute approximate surface area is 218 Å². The predicted octanol–water partition coefficient (Wildman–Crippen LogP) is 4.81. The largest absolute Gasteiger partial charge is 0.436 e. The first kappa shape index (κ1) is 27.8. The number of carbonyl (C=O) groups excluding carboxylic acids is 1. The van der Waals surface area contributed by atoms with E-state index >= 15 is 0 Å². The average molecular weight is 506 g/mol. The first-order chi connectivity index (χ1) is 17.1. The molecule has 3 N–H and O–H groups in total. The molecule has 4 saturated carbocycles. The zero-order valence-electron chi connectivity index (χ0n) is 23.3. The third-order valence-electron chi connectivity index (χ3n) is 11.0. The maximum Gasteiger partial charge on any atom is 0.436 e. The van der Waals surface area contributed by atoms with E-state index in [1.165, 1.54) is 43.4 Å². The van der Waals surface area contributed by atoms with Crippen LogP contribution in [0.1, 0.15) is 92.4 Å². The lowest BCUT2D eigenvalue weighted by molar-refractivity contribution is -0.123. The number of carbonyl (C=O) groups is 1. The molecule has 4 fully saturated rings. The highest BCUT2D eigenvalue weighted by atomic mass is 16.7. The van der Waals surface area contributed by atoms with Crippen molar-refractivity contribution in [2.24, 2.45) is 45.6 Å². The molecule has 4 aliphatic carbocycles. The van der Waals surface area contributed by atoms with E-state index in [4.69, 9.17) is 4.84 Å². The summed E-state index contributed by atoms with van der Waals surface area (Å²) in [5, 5.41) is 27.4. The van der Waals surface area contributed by atoms with Crippen molar-refractivity contribution in [3.63, 3.8) is 0 Å². The summed E-state index contributed by atoms with van der Waals surface area (Å²) in [6.45, 7) is 12.5. The standard InChI is InChI=1S/C29H51N3O4/c1-19(2)30-14-15-32(16-17-33)27(35)36-31-20(3)24-8-9-25-23-7-6-21-18-22(34)10-12-28(21,4)26(23)11-13-29(24,25)5/h19,21-26,30,33-34H,6-18H2,1-5H3/b31-20+/t21-,22+,23+,24-,25+,26+,28+,29-/m1/s1. The monoisotopic (exact) mass is 505 g/mol. The van der Waals surface area contributed by atoms with E-state index in [1.54, 1.807) is 0 Å². The Hall–Kier alpha value is -1.18. The van der Waals surface area contributed by atoms with Crippen molar-refractivity contribution in [1.29, 1.82) is 0 Å². The Morgan fingerprint density at radius 3 is 2.50 bits per heavy atom. The number of nitrogens with zero attached hydrogens (tertiary/aromatic N) is 2. The summed E-state index contributed by atoms with van der Waals surface area (Å²) in [7, 11) is 0. The van der Waals surface area contributed by atoms with Crippen LogP contribution in [-0.2, 0) is 4.84 Å². The molecule has 8 atom stereocenters. The third-order valence-corrected chi connectivity index (χ3v) is 11.0. The van der Waals surface area contributed by atoms with Crippen molar-refractivity contribution in [2.75, 3.05) is 26.2 Å². The van der Waals surface area contributed by atoms with Gasteiger partial charge in [-0.2, -0.15) is 0 Å². The van der Waals surface area contributed by atoms with Crippen molar-refractivity contribution >= 4 is 11.8 Å². The Bertz CT molecular complexity index is 803. The van der Waals surface area contributed by atoms with Crippen LogP contribution >= 0.6 is 0 Å². The molecule has 0 bridgehead atoms. The maximum absolute atomic E-state index is 12.7. The van der Waals surface area contributed by atoms with Crippen LogP contribution in [0.2, 0.25) is 0 Å². The van der Waals surface area contributed by atoms with E-state index in [-0.39, 0.29) is 24.7 Å². The summed E-state index contributed by atoms with van der Waals surface area (Å²) in [5.41, 5.74) is 1.54. The number of rotatable bonds is 8. The van der Waals surface area contributed by atoms with Crippen LogP contribution in [0.5, 0.6) is 0 Å². The SMILES string of the molecule is C/C(=N\OC(=O)N(CCO)CCNC(C)C)[C@H]1CC[C@H]2[C@@H]3CC[C@@H]4C[C@@H](O)CC[C@]4(C)[C@H]3CC[C@]12C. The van der Waals surface area contributed by atoms with Crippen molar-refractivity contribution in [3.8, 4) is 0 Å². The fourth-order valence-corrected chi connectivity index (χ4v) is 9.06. The topological polar surface area (TPSA) is 94.4 Å². The Morgan fingerprint density at radius 2 is 1.78 bits per heavy atom. The summed E-state index contributed by atoms with van der Waals surface area (Å²) in [4.78, 5) is 19.7. The molecule has 0 saturated heterocycles. The highest BCUT2D eigenvalue weighted by Gasteiger charge is 2.60. The maximum atomic E-state index is 12.7. The fraction of sp³-hybridized carbons (Fsp3) is 0.931. The Morgan fingerprint density at radius 1 is 1.06 bits per heavy atom. The van der Waals surface area contributed by atoms with Crippen LogP contribution in [0.15, 0.2) is 5.16 Å². The van der Waals surface area contributed by atoms with E-state index in [0.717, 1.165) is 36.8 Å². The number of amides is 1. The van der Waals surface area contributed by atoms with E-state index in [0.29, 0.717) is 42.3 Å². The smallest absolute Gasteiger partial charge is 0.395 e. The number of hydrogen-bond donors (Lipinski definition) is 3. The van der Waals surface area contributed by atoms with E-state index < -0.39 is 6.09 Å². The highest BCUT2D eigenvalue weighted by Crippen LogP contribution is 2.67. The summed E-state index contributed by atoms with van der Waals surface area (Å²) < 4.78 is 0. The number of aliphatic hydroxyl groups is 2. The van der Waals surface area contributed by atoms with Crippen LogP contribution in [-0.4, -0.2) is 65.3 Å². The normalized spacial score (nSPS) is 40.4. The second-order valence-electron chi connectivity index (χ2n) is 13.2. The van der Waals surface area contributed by atoms with Crippen molar-refractivity contribution < 1.29 is 19.8 Å². The van der Waals surface area contributed by atoms with Crippen molar-refractivity contribution in [1.82, 2.24) is 10.2 Å². The molecule has 7 nitrogen and oxygen atoms in total. The van der Waals surface area contributed by atoms with Gasteiger partial charge in [0.15, 0.2) is 0 Å². The minimum Gasteiger partial charge on any atom is -0.395 e. The molecular formula is C29H51N3O4. The molecule has 0 heterocycles. The molecule has 4 rings (SSSR count). The molecule has 0 unspecified atom stereocenters. The molecule has 0 aliphatic heterocycles. The van der Waals surface area contributed by atoms with E-state index in [2.05, 4.69) is 38.2 Å². The Kier molecular flexibility index (Phi) is 8.73. The first-order valence-electron chi connectivity index (χ1n) is 14.6. The molecule has 206 valence electrons. The average Bonchev–Trinajstić information content (AvgIpc) is 3.19. The summed E-state index contributed by atoms with van der Waals surface area (Å²) >= 11 is 0. The molecule has 0 aromatic rings. The summed E-state index contributed by atoms with van der Waals surface area (Å²) in [5.74, 6) is 3.30. The molecule has 1 amide bonds. The predicted molar refractivity (Wildman–Crippen MR) is 143 cm³/mol. The molecule has 4 aliphatic rings. The number of aliphatic hydroxyl groups excluding tert-OH is 2. The van der Waals surface area contributed by atoms with Gasteiger partial charge in [-0.3, -0.25) is 4.84 Å². The zero-order chi connectivity index (χ0) is 26.1. The second-order valence-corrected chi connectivity index (χ2v) is 13.2. The van der Waals surface area contributed by atoms with Crippen molar-refractivity contribution in [3.05, 3.63) is 0 Å². The fourth-order valence-electron chi connectivity index (χ4n) is 9.06. The lowest BCUT2D eigenvalue weighted by Crippen LogP contribution is -2.54. The van der Waals surface area contributed by atoms with Crippen molar-refractivity contribution in [2.45, 2.75) is 105 Å². The van der Waals surface area contributed by atoms with Gasteiger partial charge in [-0.05, 0) is 99.2 Å². The van der Waals surface area contributed by atoms with Gasteiger partial charge in [0, 0.05) is 31.6 Å². The molecule has 0 spiro atoms. The third kappa shape index (κ3) is 5.35. The van der Waals surface area contributed by atoms with Crippen LogP contribution in [0.25, 0.3) is 0 Å². The first-order valence-corrected chi connectivity index (χ1v) is 14.6. The van der Waals surface area contributed by atoms with Gasteiger partial charge in [-0.1, -0.05) is 32.9 Å². The van der Waals surface area contributed by atoms with Crippen LogP contribution in [0.4, 0.5) is 4.79 Å². The lowest BCUT2D eigenvalue weighted by atomic mass is 9.44. The quantitative estimate of drug-likeness (QED) is 0.250. The minimum absolute atomic E-state index is 0.0920. The molecule has 7 heteroatoms. The molecular weight excluding hydrogens is 454 g/mol. The molecule has 0 aromatic carbocycles. The second kappa shape index (κ2) is 11.3. The number of nitrogens with one attached hydrogen (secondary N) is 1. The number of hydrogen-bond acceptors (Lipinski definition) is 6. The van der Waals surface area contributed by atoms with Gasteiger partial charge >= 0.3 is 6.09 Å². The van der Waals surface area contributed by atoms with Gasteiger partial charge in [-0.25, -0.2) is 4.79 Å².